The lowest BCUT2D eigenvalue weighted by atomic mass is 10.2. The van der Waals surface area contributed by atoms with Crippen LogP contribution in [0.15, 0.2) is 6.07 Å². The van der Waals surface area contributed by atoms with E-state index in [4.69, 9.17) is 0 Å². The van der Waals surface area contributed by atoms with Crippen LogP contribution in [0.25, 0.3) is 0 Å². The minimum Gasteiger partial charge on any atom is -0.349 e. The summed E-state index contributed by atoms with van der Waals surface area (Å²) in [4.78, 5) is 0. The van der Waals surface area contributed by atoms with Gasteiger partial charge in [-0.25, -0.2) is 0 Å². The highest BCUT2D eigenvalue weighted by Gasteiger charge is 2.21. The summed E-state index contributed by atoms with van der Waals surface area (Å²) < 4.78 is 4.63. The normalized spacial score (nSPS) is 15.4. The first-order chi connectivity index (χ1) is 10.1. The fourth-order valence-electron chi connectivity index (χ4n) is 3.39. The molecule has 1 aliphatic rings. The van der Waals surface area contributed by atoms with Gasteiger partial charge >= 0.3 is 0 Å². The first kappa shape index (κ1) is 14.3. The van der Waals surface area contributed by atoms with Gasteiger partial charge in [-0.1, -0.05) is 0 Å². The number of nitrogens with one attached hydrogen (secondary N) is 1. The first-order valence-electron chi connectivity index (χ1n) is 7.92. The number of hydrogen-bond acceptors (Lipinski definition) is 3. The summed E-state index contributed by atoms with van der Waals surface area (Å²) in [5, 5.41) is 12.2. The predicted octanol–water partition coefficient (Wildman–Crippen LogP) is 2.51. The zero-order valence-electron chi connectivity index (χ0n) is 13.5. The topological polar surface area (TPSA) is 47.7 Å². The molecule has 0 saturated carbocycles. The molecular formula is C16H25N5. The van der Waals surface area contributed by atoms with E-state index in [1.165, 1.54) is 23.4 Å². The van der Waals surface area contributed by atoms with Crippen molar-refractivity contribution in [2.45, 2.75) is 66.2 Å². The number of fused-ring (bicyclic) bond motifs is 1. The first-order valence-corrected chi connectivity index (χ1v) is 7.92. The molecular weight excluding hydrogens is 262 g/mol. The molecule has 0 radical (unpaired) electrons. The Morgan fingerprint density at radius 2 is 2.14 bits per heavy atom. The molecule has 3 rings (SSSR count). The molecule has 0 bridgehead atoms. The van der Waals surface area contributed by atoms with Crippen LogP contribution in [0.3, 0.4) is 0 Å². The van der Waals surface area contributed by atoms with Crippen LogP contribution in [0, 0.1) is 13.8 Å². The molecule has 0 aromatic carbocycles. The Labute approximate surface area is 126 Å². The number of hydrogen-bond donors (Lipinski definition) is 1. The molecule has 0 fully saturated rings. The van der Waals surface area contributed by atoms with Crippen molar-refractivity contribution < 1.29 is 0 Å². The Kier molecular flexibility index (Phi) is 3.85. The third-order valence-corrected chi connectivity index (χ3v) is 4.62. The third kappa shape index (κ3) is 2.50. The summed E-state index contributed by atoms with van der Waals surface area (Å²) in [6.45, 7) is 11.7. The minimum absolute atomic E-state index is 0.231. The van der Waals surface area contributed by atoms with Gasteiger partial charge in [0.1, 0.15) is 11.6 Å². The molecule has 0 spiro atoms. The summed E-state index contributed by atoms with van der Waals surface area (Å²) in [7, 11) is 0. The van der Waals surface area contributed by atoms with Gasteiger partial charge in [-0.2, -0.15) is 0 Å². The molecule has 21 heavy (non-hydrogen) atoms. The Hall–Kier alpha value is -1.62. The van der Waals surface area contributed by atoms with Crippen LogP contribution in [0.5, 0.6) is 0 Å². The van der Waals surface area contributed by atoms with E-state index in [1.807, 2.05) is 0 Å². The van der Waals surface area contributed by atoms with E-state index in [1.54, 1.807) is 0 Å². The van der Waals surface area contributed by atoms with E-state index in [9.17, 15) is 0 Å². The maximum atomic E-state index is 4.36. The lowest BCUT2D eigenvalue weighted by molar-refractivity contribution is 0.514. The van der Waals surface area contributed by atoms with Gasteiger partial charge in [0.15, 0.2) is 0 Å². The van der Waals surface area contributed by atoms with Crippen molar-refractivity contribution in [3.8, 4) is 0 Å². The molecule has 1 N–H and O–H groups in total. The second-order valence-corrected chi connectivity index (χ2v) is 5.97. The highest BCUT2D eigenvalue weighted by molar-refractivity contribution is 5.26. The summed E-state index contributed by atoms with van der Waals surface area (Å²) in [6, 6.07) is 2.52. The maximum Gasteiger partial charge on any atom is 0.149 e. The van der Waals surface area contributed by atoms with E-state index < -0.39 is 0 Å². The lowest BCUT2D eigenvalue weighted by Gasteiger charge is -2.14. The zero-order valence-corrected chi connectivity index (χ0v) is 13.5. The SMILES string of the molecule is CCn1c(C)cc(CNC(C)c2nnc3n2CCC3)c1C. The van der Waals surface area contributed by atoms with E-state index in [0.717, 1.165) is 37.7 Å². The van der Waals surface area contributed by atoms with Gasteiger partial charge in [0.05, 0.1) is 6.04 Å². The van der Waals surface area contributed by atoms with Gasteiger partial charge in [-0.3, -0.25) is 0 Å². The molecule has 1 atom stereocenters. The van der Waals surface area contributed by atoms with E-state index in [0.29, 0.717) is 0 Å². The van der Waals surface area contributed by atoms with Crippen LogP contribution < -0.4 is 5.32 Å². The van der Waals surface area contributed by atoms with Crippen LogP contribution in [0.2, 0.25) is 0 Å². The summed E-state index contributed by atoms with van der Waals surface area (Å²) in [5.74, 6) is 2.22. The minimum atomic E-state index is 0.231. The monoisotopic (exact) mass is 287 g/mol. The number of aryl methyl sites for hydroxylation is 2. The second kappa shape index (κ2) is 5.64. The zero-order chi connectivity index (χ0) is 15.0. The molecule has 2 aromatic rings. The van der Waals surface area contributed by atoms with Crippen molar-refractivity contribution in [1.29, 1.82) is 0 Å². The average Bonchev–Trinajstić information content (AvgIpc) is 3.11. The van der Waals surface area contributed by atoms with Crippen LogP contribution >= 0.6 is 0 Å². The van der Waals surface area contributed by atoms with Crippen LogP contribution in [0.1, 0.15) is 54.9 Å². The van der Waals surface area contributed by atoms with Gasteiger partial charge in [0.25, 0.3) is 0 Å². The molecule has 3 heterocycles. The predicted molar refractivity (Wildman–Crippen MR) is 83.2 cm³/mol. The largest absolute Gasteiger partial charge is 0.349 e. The Morgan fingerprint density at radius 1 is 1.33 bits per heavy atom. The van der Waals surface area contributed by atoms with Crippen molar-refractivity contribution in [3.05, 3.63) is 34.7 Å². The molecule has 1 aliphatic heterocycles. The van der Waals surface area contributed by atoms with Crippen molar-refractivity contribution in [2.75, 3.05) is 0 Å². The molecule has 114 valence electrons. The van der Waals surface area contributed by atoms with Gasteiger partial charge < -0.3 is 14.5 Å². The molecule has 5 nitrogen and oxygen atoms in total. The number of rotatable bonds is 5. The van der Waals surface area contributed by atoms with E-state index in [-0.39, 0.29) is 6.04 Å². The third-order valence-electron chi connectivity index (χ3n) is 4.62. The fraction of sp³-hybridized carbons (Fsp3) is 0.625. The van der Waals surface area contributed by atoms with E-state index >= 15 is 0 Å². The van der Waals surface area contributed by atoms with Gasteiger partial charge in [0.2, 0.25) is 0 Å². The Balaban J connectivity index is 1.70. The average molecular weight is 287 g/mol. The van der Waals surface area contributed by atoms with Crippen molar-refractivity contribution in [3.63, 3.8) is 0 Å². The quantitative estimate of drug-likeness (QED) is 0.919. The van der Waals surface area contributed by atoms with Gasteiger partial charge in [-0.05, 0) is 45.7 Å². The summed E-state index contributed by atoms with van der Waals surface area (Å²) in [6.07, 6.45) is 2.26. The Bertz CT molecular complexity index is 637. The van der Waals surface area contributed by atoms with Gasteiger partial charge in [-0.15, -0.1) is 10.2 Å². The van der Waals surface area contributed by atoms with Crippen molar-refractivity contribution in [1.82, 2.24) is 24.6 Å². The second-order valence-electron chi connectivity index (χ2n) is 5.97. The number of aromatic nitrogens is 4. The summed E-state index contributed by atoms with van der Waals surface area (Å²) in [5.41, 5.74) is 4.08. The fourth-order valence-corrected chi connectivity index (χ4v) is 3.39. The molecule has 0 amide bonds. The lowest BCUT2D eigenvalue weighted by Crippen LogP contribution is -2.22. The highest BCUT2D eigenvalue weighted by atomic mass is 15.3. The van der Waals surface area contributed by atoms with Crippen molar-refractivity contribution >= 4 is 0 Å². The summed E-state index contributed by atoms with van der Waals surface area (Å²) >= 11 is 0. The molecule has 0 aliphatic carbocycles. The van der Waals surface area contributed by atoms with Crippen molar-refractivity contribution in [2.24, 2.45) is 0 Å². The van der Waals surface area contributed by atoms with E-state index in [2.05, 4.69) is 58.4 Å². The van der Waals surface area contributed by atoms with Crippen LogP contribution in [0.4, 0.5) is 0 Å². The smallest absolute Gasteiger partial charge is 0.149 e. The molecule has 2 aromatic heterocycles. The Morgan fingerprint density at radius 3 is 2.86 bits per heavy atom. The molecule has 5 heteroatoms. The maximum absolute atomic E-state index is 4.36. The highest BCUT2D eigenvalue weighted by Crippen LogP contribution is 2.20. The van der Waals surface area contributed by atoms with Crippen LogP contribution in [-0.2, 0) is 26.1 Å². The van der Waals surface area contributed by atoms with Crippen LogP contribution in [-0.4, -0.2) is 19.3 Å². The standard InChI is InChI=1S/C16H25N5/c1-5-20-11(2)9-14(13(20)4)10-17-12(3)16-19-18-15-7-6-8-21(15)16/h9,12,17H,5-8,10H2,1-4H3. The van der Waals surface area contributed by atoms with Gasteiger partial charge in [0, 0.05) is 37.4 Å². The molecule has 0 saturated heterocycles. The molecule has 1 unspecified atom stereocenters. The number of nitrogens with zero attached hydrogens (tertiary/aromatic N) is 4.